The number of amides is 1. The molecule has 0 saturated heterocycles. The van der Waals surface area contributed by atoms with Crippen LogP contribution in [-0.2, 0) is 14.4 Å². The van der Waals surface area contributed by atoms with Crippen LogP contribution in [0.5, 0.6) is 11.5 Å². The van der Waals surface area contributed by atoms with Gasteiger partial charge in [0.1, 0.15) is 5.82 Å². The smallest absolute Gasteiger partial charge is 0.262 e. The third-order valence-corrected chi connectivity index (χ3v) is 8.83. The number of nitrogens with zero attached hydrogens (tertiary/aromatic N) is 1. The Morgan fingerprint density at radius 1 is 0.976 bits per heavy atom. The first kappa shape index (κ1) is 30.0. The van der Waals surface area contributed by atoms with Crippen LogP contribution in [0.1, 0.15) is 64.9 Å². The van der Waals surface area contributed by atoms with Crippen molar-refractivity contribution in [2.45, 2.75) is 59.3 Å². The van der Waals surface area contributed by atoms with Crippen molar-refractivity contribution in [1.29, 1.82) is 0 Å². The third kappa shape index (κ3) is 5.76. The first-order valence-corrected chi connectivity index (χ1v) is 14.8. The van der Waals surface area contributed by atoms with Crippen LogP contribution >= 0.6 is 15.9 Å². The second-order valence-corrected chi connectivity index (χ2v) is 13.8. The van der Waals surface area contributed by atoms with E-state index in [1.165, 1.54) is 31.4 Å². The molecule has 1 heterocycles. The number of Topliss-reactive ketones (excluding diaryl/α,β-unsaturated/α-hetero) is 2. The van der Waals surface area contributed by atoms with Crippen molar-refractivity contribution in [3.8, 4) is 11.5 Å². The summed E-state index contributed by atoms with van der Waals surface area (Å²) in [4.78, 5) is 42.2. The van der Waals surface area contributed by atoms with E-state index in [-0.39, 0.29) is 29.0 Å². The van der Waals surface area contributed by atoms with Crippen LogP contribution in [-0.4, -0.2) is 43.1 Å². The number of hydrogen-bond donors (Lipinski definition) is 1. The maximum Gasteiger partial charge on any atom is 0.262 e. The maximum absolute atomic E-state index is 13.8. The van der Waals surface area contributed by atoms with E-state index in [1.807, 2.05) is 13.1 Å². The van der Waals surface area contributed by atoms with Crippen LogP contribution < -0.4 is 14.8 Å². The molecule has 1 amide bonds. The van der Waals surface area contributed by atoms with E-state index in [1.54, 1.807) is 6.07 Å². The maximum atomic E-state index is 13.8. The number of carbonyl (C=O) groups excluding carboxylic acids is 3. The summed E-state index contributed by atoms with van der Waals surface area (Å²) in [5.74, 6) is -0.566. The summed E-state index contributed by atoms with van der Waals surface area (Å²) >= 11 is 3.59. The van der Waals surface area contributed by atoms with E-state index < -0.39 is 17.6 Å². The van der Waals surface area contributed by atoms with Crippen molar-refractivity contribution in [1.82, 2.24) is 4.90 Å². The zero-order chi connectivity index (χ0) is 30.6. The summed E-state index contributed by atoms with van der Waals surface area (Å²) in [6.45, 7) is 8.11. The Bertz CT molecular complexity index is 1490. The molecule has 2 aromatic carbocycles. The molecule has 222 valence electrons. The molecule has 0 aromatic heterocycles. The fraction of sp³-hybridized carbons (Fsp3) is 0.424. The van der Waals surface area contributed by atoms with Crippen LogP contribution in [0.3, 0.4) is 0 Å². The highest BCUT2D eigenvalue weighted by Gasteiger charge is 2.48. The average molecular weight is 640 g/mol. The topological polar surface area (TPSA) is 84.9 Å². The minimum atomic E-state index is -0.528. The van der Waals surface area contributed by atoms with E-state index in [9.17, 15) is 18.8 Å². The van der Waals surface area contributed by atoms with Gasteiger partial charge in [0, 0.05) is 54.0 Å². The molecule has 0 fully saturated rings. The Kier molecular flexibility index (Phi) is 7.85. The van der Waals surface area contributed by atoms with Gasteiger partial charge in [-0.2, -0.15) is 0 Å². The number of ether oxygens (including phenoxy) is 2. The Morgan fingerprint density at radius 2 is 1.52 bits per heavy atom. The molecule has 0 spiro atoms. The van der Waals surface area contributed by atoms with E-state index in [0.29, 0.717) is 45.6 Å². The molecule has 42 heavy (non-hydrogen) atoms. The van der Waals surface area contributed by atoms with Gasteiger partial charge in [-0.1, -0.05) is 27.7 Å². The first-order chi connectivity index (χ1) is 19.7. The summed E-state index contributed by atoms with van der Waals surface area (Å²) in [6.07, 6.45) is 2.27. The largest absolute Gasteiger partial charge is 0.493 e. The SMILES string of the molecule is COc1cc(C2C3=C(CC(C)(C)CC3=O)N(C)C3=C2C(=O)CC(C)(C)C3)cc(Br)c1OCC(=O)Nc1ccc(F)cc1. The molecule has 2 aromatic rings. The number of hydrogen-bond acceptors (Lipinski definition) is 6. The van der Waals surface area contributed by atoms with E-state index in [0.717, 1.165) is 29.8 Å². The molecule has 0 saturated carbocycles. The number of benzene rings is 2. The lowest BCUT2D eigenvalue weighted by molar-refractivity contribution is -0.120. The summed E-state index contributed by atoms with van der Waals surface area (Å²) < 4.78 is 25.3. The van der Waals surface area contributed by atoms with Crippen LogP contribution in [0.4, 0.5) is 10.1 Å². The molecule has 0 radical (unpaired) electrons. The number of nitrogens with one attached hydrogen (secondary N) is 1. The minimum absolute atomic E-state index is 0.0511. The quantitative estimate of drug-likeness (QED) is 0.369. The minimum Gasteiger partial charge on any atom is -0.493 e. The Labute approximate surface area is 254 Å². The van der Waals surface area contributed by atoms with Crippen molar-refractivity contribution < 1.29 is 28.2 Å². The number of anilines is 1. The van der Waals surface area contributed by atoms with Crippen molar-refractivity contribution >= 4 is 39.1 Å². The van der Waals surface area contributed by atoms with Crippen LogP contribution in [0.15, 0.2) is 63.4 Å². The van der Waals surface area contributed by atoms with Crippen LogP contribution in [0.2, 0.25) is 0 Å². The van der Waals surface area contributed by atoms with Gasteiger partial charge in [-0.25, -0.2) is 4.39 Å². The Morgan fingerprint density at radius 3 is 2.05 bits per heavy atom. The molecule has 1 N–H and O–H groups in total. The number of carbonyl (C=O) groups is 3. The highest BCUT2D eigenvalue weighted by molar-refractivity contribution is 9.10. The first-order valence-electron chi connectivity index (χ1n) is 14.0. The molecule has 0 bridgehead atoms. The monoisotopic (exact) mass is 638 g/mol. The molecule has 2 aliphatic carbocycles. The zero-order valence-electron chi connectivity index (χ0n) is 24.8. The number of methoxy groups -OCH3 is 1. The summed E-state index contributed by atoms with van der Waals surface area (Å²) in [7, 11) is 3.48. The predicted molar refractivity (Wildman–Crippen MR) is 162 cm³/mol. The lowest BCUT2D eigenvalue weighted by Crippen LogP contribution is -2.43. The number of ketones is 2. The summed E-state index contributed by atoms with van der Waals surface area (Å²) in [5.41, 5.74) is 4.10. The summed E-state index contributed by atoms with van der Waals surface area (Å²) in [6, 6.07) is 9.09. The van der Waals surface area contributed by atoms with Gasteiger partial charge in [0.15, 0.2) is 29.7 Å². The molecule has 9 heteroatoms. The molecule has 5 rings (SSSR count). The van der Waals surface area contributed by atoms with Crippen molar-refractivity contribution in [3.05, 3.63) is 74.8 Å². The normalized spacial score (nSPS) is 19.9. The molecule has 0 unspecified atom stereocenters. The van der Waals surface area contributed by atoms with Gasteiger partial charge in [-0.15, -0.1) is 0 Å². The van der Waals surface area contributed by atoms with E-state index in [2.05, 4.69) is 53.8 Å². The Balaban J connectivity index is 1.53. The fourth-order valence-electron chi connectivity index (χ4n) is 6.41. The fourth-order valence-corrected chi connectivity index (χ4v) is 6.99. The average Bonchev–Trinajstić information content (AvgIpc) is 2.89. The van der Waals surface area contributed by atoms with Gasteiger partial charge in [-0.05, 0) is 81.6 Å². The molecule has 3 aliphatic rings. The van der Waals surface area contributed by atoms with Crippen molar-refractivity contribution in [2.75, 3.05) is 26.1 Å². The van der Waals surface area contributed by atoms with Crippen LogP contribution in [0, 0.1) is 16.6 Å². The van der Waals surface area contributed by atoms with Gasteiger partial charge >= 0.3 is 0 Å². The predicted octanol–water partition coefficient (Wildman–Crippen LogP) is 6.93. The highest BCUT2D eigenvalue weighted by Crippen LogP contribution is 2.55. The van der Waals surface area contributed by atoms with Crippen molar-refractivity contribution in [3.63, 3.8) is 0 Å². The Hall–Kier alpha value is -3.46. The van der Waals surface area contributed by atoms with Gasteiger partial charge in [0.2, 0.25) is 0 Å². The van der Waals surface area contributed by atoms with E-state index >= 15 is 0 Å². The molecule has 7 nitrogen and oxygen atoms in total. The van der Waals surface area contributed by atoms with Crippen molar-refractivity contribution in [2.24, 2.45) is 10.8 Å². The zero-order valence-corrected chi connectivity index (χ0v) is 26.4. The molecule has 1 aliphatic heterocycles. The van der Waals surface area contributed by atoms with Gasteiger partial charge in [-0.3, -0.25) is 14.4 Å². The standard InChI is InChI=1S/C33H36BrFN2O5/c1-32(2)13-22-29(24(38)15-32)28(30-23(37(22)5)14-33(3,4)16-25(30)39)18-11-21(34)31(26(12-18)41-6)42-17-27(40)36-20-9-7-19(35)8-10-20/h7-12,28H,13-17H2,1-6H3,(H,36,40). The molecule has 0 atom stereocenters. The number of halogens is 2. The lowest BCUT2D eigenvalue weighted by Gasteiger charge is -2.48. The number of rotatable bonds is 6. The van der Waals surface area contributed by atoms with Gasteiger partial charge in [0.25, 0.3) is 5.91 Å². The lowest BCUT2D eigenvalue weighted by atomic mass is 9.64. The molecular formula is C33H36BrFN2O5. The van der Waals surface area contributed by atoms with E-state index in [4.69, 9.17) is 9.47 Å². The summed E-state index contributed by atoms with van der Waals surface area (Å²) in [5, 5.41) is 2.67. The third-order valence-electron chi connectivity index (χ3n) is 8.24. The van der Waals surface area contributed by atoms with Crippen LogP contribution in [0.25, 0.3) is 0 Å². The number of allylic oxidation sites excluding steroid dienone is 4. The molecular weight excluding hydrogens is 603 g/mol. The second kappa shape index (κ2) is 11.0. The van der Waals surface area contributed by atoms with Gasteiger partial charge in [0.05, 0.1) is 11.6 Å². The second-order valence-electron chi connectivity index (χ2n) is 13.0. The highest BCUT2D eigenvalue weighted by atomic mass is 79.9. The van der Waals surface area contributed by atoms with Gasteiger partial charge < -0.3 is 19.7 Å².